The molecule has 2 heterocycles. The molecule has 0 spiro atoms. The third-order valence-corrected chi connectivity index (χ3v) is 4.89. The first-order valence-electron chi connectivity index (χ1n) is 8.43. The average Bonchev–Trinajstić information content (AvgIpc) is 3.15. The van der Waals surface area contributed by atoms with Crippen molar-refractivity contribution in [3.63, 3.8) is 0 Å². The van der Waals surface area contributed by atoms with Gasteiger partial charge >= 0.3 is 6.03 Å². The Bertz CT molecular complexity index is 486. The number of aliphatic hydroxyl groups excluding tert-OH is 1. The molecule has 1 aromatic heterocycles. The molecule has 2 atom stereocenters. The highest BCUT2D eigenvalue weighted by Crippen LogP contribution is 2.24. The zero-order valence-corrected chi connectivity index (χ0v) is 14.9. The first-order valence-corrected chi connectivity index (χ1v) is 9.31. The molecule has 130 valence electrons. The van der Waals surface area contributed by atoms with E-state index in [9.17, 15) is 9.90 Å². The van der Waals surface area contributed by atoms with Gasteiger partial charge in [-0.05, 0) is 32.1 Å². The maximum absolute atomic E-state index is 11.7. The van der Waals surface area contributed by atoms with Crippen molar-refractivity contribution < 1.29 is 9.90 Å². The van der Waals surface area contributed by atoms with Crippen LogP contribution in [0.15, 0.2) is 5.38 Å². The molecule has 2 unspecified atom stereocenters. The summed E-state index contributed by atoms with van der Waals surface area (Å²) in [7, 11) is 0. The summed E-state index contributed by atoms with van der Waals surface area (Å²) in [5.74, 6) is 0.266. The molecule has 0 saturated carbocycles. The molecule has 2 rings (SSSR count). The van der Waals surface area contributed by atoms with Crippen LogP contribution in [0.5, 0.6) is 0 Å². The van der Waals surface area contributed by atoms with Gasteiger partial charge in [0, 0.05) is 38.0 Å². The third kappa shape index (κ3) is 6.35. The Morgan fingerprint density at radius 3 is 2.83 bits per heavy atom. The van der Waals surface area contributed by atoms with E-state index in [1.54, 1.807) is 18.3 Å². The van der Waals surface area contributed by atoms with Gasteiger partial charge < -0.3 is 20.6 Å². The summed E-state index contributed by atoms with van der Waals surface area (Å²) < 4.78 is 0. The van der Waals surface area contributed by atoms with Gasteiger partial charge in [-0.15, -0.1) is 11.3 Å². The molecule has 7 heteroatoms. The van der Waals surface area contributed by atoms with Gasteiger partial charge in [-0.25, -0.2) is 9.78 Å². The van der Waals surface area contributed by atoms with Gasteiger partial charge in [0.05, 0.1) is 11.8 Å². The summed E-state index contributed by atoms with van der Waals surface area (Å²) in [4.78, 5) is 18.7. The molecule has 1 aromatic rings. The fourth-order valence-corrected chi connectivity index (χ4v) is 3.68. The predicted octanol–water partition coefficient (Wildman–Crippen LogP) is 1.99. The molecule has 3 N–H and O–H groups in total. The van der Waals surface area contributed by atoms with Crippen LogP contribution in [-0.2, 0) is 6.42 Å². The van der Waals surface area contributed by atoms with Gasteiger partial charge in [-0.1, -0.05) is 6.92 Å². The van der Waals surface area contributed by atoms with E-state index < -0.39 is 0 Å². The summed E-state index contributed by atoms with van der Waals surface area (Å²) in [6, 6.07) is -0.155. The lowest BCUT2D eigenvalue weighted by Crippen LogP contribution is -2.39. The molecule has 0 aliphatic carbocycles. The third-order valence-electron chi connectivity index (χ3n) is 3.94. The van der Waals surface area contributed by atoms with Crippen molar-refractivity contribution in [2.75, 3.05) is 31.1 Å². The van der Waals surface area contributed by atoms with Crippen LogP contribution >= 0.6 is 11.3 Å². The van der Waals surface area contributed by atoms with E-state index in [0.29, 0.717) is 19.5 Å². The van der Waals surface area contributed by atoms with E-state index in [1.807, 2.05) is 6.92 Å². The van der Waals surface area contributed by atoms with Crippen LogP contribution in [0.2, 0.25) is 0 Å². The molecule has 1 fully saturated rings. The summed E-state index contributed by atoms with van der Waals surface area (Å²) >= 11 is 1.69. The van der Waals surface area contributed by atoms with Gasteiger partial charge in [0.25, 0.3) is 0 Å². The number of rotatable bonds is 8. The van der Waals surface area contributed by atoms with E-state index in [-0.39, 0.29) is 18.1 Å². The first kappa shape index (κ1) is 18.0. The Hall–Kier alpha value is -1.34. The normalized spacial score (nSPS) is 17.1. The van der Waals surface area contributed by atoms with E-state index in [0.717, 1.165) is 30.3 Å². The molecule has 6 nitrogen and oxygen atoms in total. The van der Waals surface area contributed by atoms with Crippen LogP contribution in [0.25, 0.3) is 0 Å². The summed E-state index contributed by atoms with van der Waals surface area (Å²) in [5.41, 5.74) is 1.04. The number of urea groups is 1. The largest absolute Gasteiger partial charge is 0.393 e. The minimum absolute atomic E-state index is 0.155. The quantitative estimate of drug-likeness (QED) is 0.676. The zero-order chi connectivity index (χ0) is 16.7. The second-order valence-corrected chi connectivity index (χ2v) is 7.23. The number of anilines is 1. The monoisotopic (exact) mass is 340 g/mol. The van der Waals surface area contributed by atoms with Crippen LogP contribution in [0.4, 0.5) is 9.93 Å². The molecule has 0 radical (unpaired) electrons. The van der Waals surface area contributed by atoms with Crippen LogP contribution in [0.1, 0.15) is 38.8 Å². The number of carbonyl (C=O) groups excluding carboxylic acids is 1. The van der Waals surface area contributed by atoms with Crippen molar-refractivity contribution in [1.82, 2.24) is 15.6 Å². The zero-order valence-electron chi connectivity index (χ0n) is 14.0. The second-order valence-electron chi connectivity index (χ2n) is 6.39. The average molecular weight is 340 g/mol. The highest BCUT2D eigenvalue weighted by Gasteiger charge is 2.15. The molecule has 1 aliphatic heterocycles. The number of thiazole rings is 1. The van der Waals surface area contributed by atoms with Crippen molar-refractivity contribution in [2.24, 2.45) is 5.92 Å². The maximum Gasteiger partial charge on any atom is 0.314 e. The van der Waals surface area contributed by atoms with Crippen molar-refractivity contribution in [2.45, 2.75) is 45.6 Å². The van der Waals surface area contributed by atoms with Crippen molar-refractivity contribution in [3.8, 4) is 0 Å². The van der Waals surface area contributed by atoms with E-state index in [4.69, 9.17) is 0 Å². The number of nitrogens with one attached hydrogen (secondary N) is 2. The minimum atomic E-state index is -0.329. The Labute approximate surface area is 142 Å². The predicted molar refractivity (Wildman–Crippen MR) is 94.1 cm³/mol. The summed E-state index contributed by atoms with van der Waals surface area (Å²) in [5, 5.41) is 18.2. The summed E-state index contributed by atoms with van der Waals surface area (Å²) in [6.45, 7) is 7.16. The molecule has 0 aromatic carbocycles. The van der Waals surface area contributed by atoms with Crippen LogP contribution in [-0.4, -0.2) is 48.4 Å². The number of aliphatic hydroxyl groups is 1. The Balaban J connectivity index is 1.61. The van der Waals surface area contributed by atoms with Crippen molar-refractivity contribution in [3.05, 3.63) is 11.1 Å². The second kappa shape index (κ2) is 9.08. The number of nitrogens with zero attached hydrogens (tertiary/aromatic N) is 2. The van der Waals surface area contributed by atoms with E-state index in [2.05, 4.69) is 25.9 Å². The molecule has 0 bridgehead atoms. The molecule has 23 heavy (non-hydrogen) atoms. The first-order chi connectivity index (χ1) is 11.0. The number of carbonyl (C=O) groups is 1. The number of amides is 2. The van der Waals surface area contributed by atoms with Crippen LogP contribution in [0, 0.1) is 5.92 Å². The SMILES string of the molecule is CC(O)CC(C)CNC(=O)NCCc1csc(N2CCCC2)n1. The summed E-state index contributed by atoms with van der Waals surface area (Å²) in [6.07, 6.45) is 3.62. The molecule has 1 saturated heterocycles. The smallest absolute Gasteiger partial charge is 0.314 e. The van der Waals surface area contributed by atoms with Crippen molar-refractivity contribution in [1.29, 1.82) is 0 Å². The Morgan fingerprint density at radius 1 is 1.39 bits per heavy atom. The molecule has 1 aliphatic rings. The van der Waals surface area contributed by atoms with E-state index >= 15 is 0 Å². The number of aromatic nitrogens is 1. The minimum Gasteiger partial charge on any atom is -0.393 e. The van der Waals surface area contributed by atoms with Gasteiger partial charge in [-0.2, -0.15) is 0 Å². The maximum atomic E-state index is 11.7. The molecular formula is C16H28N4O2S. The fraction of sp³-hybridized carbons (Fsp3) is 0.750. The Morgan fingerprint density at radius 2 is 2.13 bits per heavy atom. The highest BCUT2D eigenvalue weighted by atomic mass is 32.1. The molecule has 2 amide bonds. The Kier molecular flexibility index (Phi) is 7.11. The lowest BCUT2D eigenvalue weighted by molar-refractivity contribution is 0.163. The van der Waals surface area contributed by atoms with Gasteiger partial charge in [0.1, 0.15) is 0 Å². The molecular weight excluding hydrogens is 312 g/mol. The van der Waals surface area contributed by atoms with Crippen molar-refractivity contribution >= 4 is 22.5 Å². The lowest BCUT2D eigenvalue weighted by atomic mass is 10.1. The van der Waals surface area contributed by atoms with Gasteiger partial charge in [0.15, 0.2) is 5.13 Å². The number of hydrogen-bond donors (Lipinski definition) is 3. The van der Waals surface area contributed by atoms with Gasteiger partial charge in [0.2, 0.25) is 0 Å². The fourth-order valence-electron chi connectivity index (χ4n) is 2.76. The topological polar surface area (TPSA) is 77.5 Å². The van der Waals surface area contributed by atoms with Crippen LogP contribution < -0.4 is 15.5 Å². The van der Waals surface area contributed by atoms with Gasteiger partial charge in [-0.3, -0.25) is 0 Å². The van der Waals surface area contributed by atoms with E-state index in [1.165, 1.54) is 12.8 Å². The lowest BCUT2D eigenvalue weighted by Gasteiger charge is -2.14. The standard InChI is InChI=1S/C16H28N4O2S/c1-12(9-13(2)21)10-18-15(22)17-6-5-14-11-23-16(19-14)20-7-3-4-8-20/h11-13,21H,3-10H2,1-2H3,(H2,17,18,22). The highest BCUT2D eigenvalue weighted by molar-refractivity contribution is 7.13. The number of hydrogen-bond acceptors (Lipinski definition) is 5. The van der Waals surface area contributed by atoms with Crippen LogP contribution in [0.3, 0.4) is 0 Å².